The maximum Gasteiger partial charge on any atom is 0.244 e. The van der Waals surface area contributed by atoms with Crippen LogP contribution >= 0.6 is 15.9 Å². The Hall–Kier alpha value is -0.700. The van der Waals surface area contributed by atoms with Gasteiger partial charge in [-0.25, -0.2) is 18.1 Å². The van der Waals surface area contributed by atoms with Gasteiger partial charge in [0.15, 0.2) is 0 Å². The average molecular weight is 378 g/mol. The molecule has 2 N–H and O–H groups in total. The summed E-state index contributed by atoms with van der Waals surface area (Å²) in [6.45, 7) is 6.77. The second-order valence-electron chi connectivity index (χ2n) is 5.32. The summed E-state index contributed by atoms with van der Waals surface area (Å²) >= 11 is 3.27. The molecule has 0 spiro atoms. The molecule has 0 radical (unpaired) electrons. The maximum absolute atomic E-state index is 12.7. The highest BCUT2D eigenvalue weighted by Crippen LogP contribution is 2.29. The molecule has 1 aliphatic heterocycles. The summed E-state index contributed by atoms with van der Waals surface area (Å²) in [7, 11) is -3.70. The minimum absolute atomic E-state index is 0.138. The Bertz CT molecular complexity index is 623. The number of halogens is 1. The topological polar surface area (TPSA) is 80.3 Å². The van der Waals surface area contributed by atoms with E-state index >= 15 is 0 Å². The molecule has 1 aromatic rings. The highest BCUT2D eigenvalue weighted by atomic mass is 79.9. The number of hydrogen-bond donors (Lipinski definition) is 2. The van der Waals surface area contributed by atoms with Crippen molar-refractivity contribution >= 4 is 31.8 Å². The fourth-order valence-electron chi connectivity index (χ4n) is 2.26. The van der Waals surface area contributed by atoms with Gasteiger partial charge in [0, 0.05) is 23.8 Å². The molecule has 0 bridgehead atoms. The largest absolute Gasteiger partial charge is 0.376 e. The molecule has 0 saturated carbocycles. The lowest BCUT2D eigenvalue weighted by atomic mass is 9.97. The van der Waals surface area contributed by atoms with Crippen LogP contribution in [0, 0.1) is 0 Å². The lowest BCUT2D eigenvalue weighted by Crippen LogP contribution is -2.50. The molecule has 2 rings (SSSR count). The minimum Gasteiger partial charge on any atom is -0.376 e. The summed E-state index contributed by atoms with van der Waals surface area (Å²) in [6, 6.07) is 1.55. The summed E-state index contributed by atoms with van der Waals surface area (Å²) in [6.07, 6.45) is 2.04. The Kier molecular flexibility index (Phi) is 4.92. The molecule has 6 nitrogen and oxygen atoms in total. The Labute approximate surface area is 133 Å². The van der Waals surface area contributed by atoms with Gasteiger partial charge < -0.3 is 10.1 Å². The normalized spacial score (nSPS) is 26.0. The molecule has 1 saturated heterocycles. The van der Waals surface area contributed by atoms with Crippen LogP contribution in [0.15, 0.2) is 21.6 Å². The van der Waals surface area contributed by atoms with E-state index in [2.05, 4.69) is 31.0 Å². The Morgan fingerprint density at radius 3 is 2.86 bits per heavy atom. The van der Waals surface area contributed by atoms with Crippen LogP contribution in [0.3, 0.4) is 0 Å². The summed E-state index contributed by atoms with van der Waals surface area (Å²) in [5, 5.41) is 2.98. The van der Waals surface area contributed by atoms with Gasteiger partial charge >= 0.3 is 0 Å². The van der Waals surface area contributed by atoms with E-state index in [-0.39, 0.29) is 11.0 Å². The predicted octanol–water partition coefficient (Wildman–Crippen LogP) is 2.12. The van der Waals surface area contributed by atoms with Gasteiger partial charge in [0.05, 0.1) is 11.6 Å². The standard InChI is InChI=1S/C13H20BrN3O3S/c1-4-15-12-11(7-10(14)8-16-12)21(18,19)17-13(3)5-6-20-9(13)2/h7-9,17H,4-6H2,1-3H3,(H,15,16). The van der Waals surface area contributed by atoms with Gasteiger partial charge in [-0.1, -0.05) is 0 Å². The second kappa shape index (κ2) is 6.20. The molecule has 0 aromatic carbocycles. The van der Waals surface area contributed by atoms with E-state index in [0.29, 0.717) is 29.9 Å². The molecular weight excluding hydrogens is 358 g/mol. The summed E-state index contributed by atoms with van der Waals surface area (Å²) in [4.78, 5) is 4.28. The van der Waals surface area contributed by atoms with Crippen molar-refractivity contribution < 1.29 is 13.2 Å². The first-order valence-corrected chi connectivity index (χ1v) is 9.11. The zero-order chi connectivity index (χ0) is 15.7. The number of hydrogen-bond acceptors (Lipinski definition) is 5. The molecule has 8 heteroatoms. The summed E-state index contributed by atoms with van der Waals surface area (Å²) in [5.74, 6) is 0.350. The molecular formula is C13H20BrN3O3S. The number of rotatable bonds is 5. The average Bonchev–Trinajstić information content (AvgIpc) is 2.71. The van der Waals surface area contributed by atoms with Crippen molar-refractivity contribution in [3.05, 3.63) is 16.7 Å². The number of pyridine rings is 1. The van der Waals surface area contributed by atoms with Crippen LogP contribution < -0.4 is 10.0 Å². The molecule has 1 aliphatic rings. The molecule has 2 heterocycles. The SMILES string of the molecule is CCNc1ncc(Br)cc1S(=O)(=O)NC1(C)CCOC1C. The van der Waals surface area contributed by atoms with E-state index in [9.17, 15) is 8.42 Å². The third-order valence-corrected chi connectivity index (χ3v) is 5.77. The molecule has 0 aliphatic carbocycles. The molecule has 0 amide bonds. The van der Waals surface area contributed by atoms with E-state index in [0.717, 1.165) is 0 Å². The fourth-order valence-corrected chi connectivity index (χ4v) is 4.39. The molecule has 118 valence electrons. The van der Waals surface area contributed by atoms with Crippen molar-refractivity contribution in [2.75, 3.05) is 18.5 Å². The summed E-state index contributed by atoms with van der Waals surface area (Å²) < 4.78 is 34.3. The van der Waals surface area contributed by atoms with Crippen molar-refractivity contribution in [1.29, 1.82) is 0 Å². The Morgan fingerprint density at radius 2 is 2.29 bits per heavy atom. The predicted molar refractivity (Wildman–Crippen MR) is 84.9 cm³/mol. The van der Waals surface area contributed by atoms with Crippen LogP contribution in [-0.4, -0.2) is 38.2 Å². The quantitative estimate of drug-likeness (QED) is 0.821. The van der Waals surface area contributed by atoms with E-state index in [4.69, 9.17) is 4.74 Å². The maximum atomic E-state index is 12.7. The number of nitrogens with zero attached hydrogens (tertiary/aromatic N) is 1. The zero-order valence-corrected chi connectivity index (χ0v) is 14.7. The number of anilines is 1. The molecule has 2 unspecified atom stereocenters. The Morgan fingerprint density at radius 1 is 1.57 bits per heavy atom. The first kappa shape index (κ1) is 16.7. The van der Waals surface area contributed by atoms with E-state index in [1.54, 1.807) is 12.3 Å². The number of ether oxygens (including phenoxy) is 1. The van der Waals surface area contributed by atoms with Crippen LogP contribution in [0.2, 0.25) is 0 Å². The van der Waals surface area contributed by atoms with E-state index in [1.165, 1.54) is 0 Å². The van der Waals surface area contributed by atoms with Gasteiger partial charge in [-0.3, -0.25) is 0 Å². The van der Waals surface area contributed by atoms with Gasteiger partial charge in [0.1, 0.15) is 10.7 Å². The lowest BCUT2D eigenvalue weighted by Gasteiger charge is -2.28. The van der Waals surface area contributed by atoms with Crippen molar-refractivity contribution in [1.82, 2.24) is 9.71 Å². The third kappa shape index (κ3) is 3.56. The van der Waals surface area contributed by atoms with Crippen molar-refractivity contribution in [3.8, 4) is 0 Å². The van der Waals surface area contributed by atoms with Crippen molar-refractivity contribution in [2.24, 2.45) is 0 Å². The van der Waals surface area contributed by atoms with Gasteiger partial charge in [0.25, 0.3) is 0 Å². The first-order chi connectivity index (χ1) is 9.78. The van der Waals surface area contributed by atoms with E-state index < -0.39 is 15.6 Å². The van der Waals surface area contributed by atoms with Gasteiger partial charge in [-0.05, 0) is 49.2 Å². The molecule has 2 atom stereocenters. The third-order valence-electron chi connectivity index (χ3n) is 3.71. The van der Waals surface area contributed by atoms with Crippen molar-refractivity contribution in [2.45, 2.75) is 43.7 Å². The van der Waals surface area contributed by atoms with E-state index in [1.807, 2.05) is 20.8 Å². The first-order valence-electron chi connectivity index (χ1n) is 6.83. The smallest absolute Gasteiger partial charge is 0.244 e. The Balaban J connectivity index is 2.37. The molecule has 21 heavy (non-hydrogen) atoms. The minimum atomic E-state index is -3.70. The highest BCUT2D eigenvalue weighted by molar-refractivity contribution is 9.10. The summed E-state index contributed by atoms with van der Waals surface area (Å²) in [5.41, 5.74) is -0.607. The van der Waals surface area contributed by atoms with Gasteiger partial charge in [0.2, 0.25) is 10.0 Å². The van der Waals surface area contributed by atoms with Crippen LogP contribution in [0.25, 0.3) is 0 Å². The fraction of sp³-hybridized carbons (Fsp3) is 0.615. The second-order valence-corrected chi connectivity index (χ2v) is 7.88. The van der Waals surface area contributed by atoms with Gasteiger partial charge in [-0.2, -0.15) is 0 Å². The number of nitrogens with one attached hydrogen (secondary N) is 2. The lowest BCUT2D eigenvalue weighted by molar-refractivity contribution is 0.0957. The van der Waals surface area contributed by atoms with Crippen LogP contribution in [0.1, 0.15) is 27.2 Å². The van der Waals surface area contributed by atoms with Crippen LogP contribution in [0.5, 0.6) is 0 Å². The van der Waals surface area contributed by atoms with Crippen molar-refractivity contribution in [3.63, 3.8) is 0 Å². The molecule has 1 aromatic heterocycles. The van der Waals surface area contributed by atoms with Gasteiger partial charge in [-0.15, -0.1) is 0 Å². The number of aromatic nitrogens is 1. The zero-order valence-electron chi connectivity index (χ0n) is 12.3. The van der Waals surface area contributed by atoms with Crippen LogP contribution in [0.4, 0.5) is 5.82 Å². The highest BCUT2D eigenvalue weighted by Gasteiger charge is 2.41. The van der Waals surface area contributed by atoms with Crippen LogP contribution in [-0.2, 0) is 14.8 Å². The number of sulfonamides is 1. The molecule has 1 fully saturated rings. The monoisotopic (exact) mass is 377 g/mol.